The van der Waals surface area contributed by atoms with Gasteiger partial charge >= 0.3 is 0 Å². The van der Waals surface area contributed by atoms with Gasteiger partial charge in [-0.2, -0.15) is 0 Å². The normalized spacial score (nSPS) is 18.9. The standard InChI is InChI=1S/C14H19ClFN/c1-17(2)10-14(8-3-4-9-14)13-11(15)6-5-7-12(13)16/h5-7H,3-4,8-10H2,1-2H3. The second-order valence-electron chi connectivity index (χ2n) is 5.32. The zero-order chi connectivity index (χ0) is 12.5. The average molecular weight is 256 g/mol. The van der Waals surface area contributed by atoms with Crippen LogP contribution < -0.4 is 0 Å². The first-order valence-corrected chi connectivity index (χ1v) is 6.52. The van der Waals surface area contributed by atoms with Gasteiger partial charge in [-0.3, -0.25) is 0 Å². The molecule has 2 rings (SSSR count). The number of likely N-dealkylation sites (N-methyl/N-ethyl adjacent to an activating group) is 1. The van der Waals surface area contributed by atoms with Crippen molar-refractivity contribution in [1.29, 1.82) is 0 Å². The van der Waals surface area contributed by atoms with Crippen molar-refractivity contribution in [3.8, 4) is 0 Å². The van der Waals surface area contributed by atoms with E-state index in [2.05, 4.69) is 4.90 Å². The van der Waals surface area contributed by atoms with Gasteiger partial charge in [-0.15, -0.1) is 0 Å². The van der Waals surface area contributed by atoms with Gasteiger partial charge in [-0.25, -0.2) is 4.39 Å². The van der Waals surface area contributed by atoms with Crippen molar-refractivity contribution in [2.75, 3.05) is 20.6 Å². The van der Waals surface area contributed by atoms with E-state index >= 15 is 0 Å². The summed E-state index contributed by atoms with van der Waals surface area (Å²) in [5.74, 6) is -0.152. The van der Waals surface area contributed by atoms with Crippen LogP contribution in [0.3, 0.4) is 0 Å². The maximum Gasteiger partial charge on any atom is 0.128 e. The summed E-state index contributed by atoms with van der Waals surface area (Å²) in [5.41, 5.74) is 0.638. The molecule has 1 fully saturated rings. The molecule has 1 aromatic carbocycles. The summed E-state index contributed by atoms with van der Waals surface area (Å²) < 4.78 is 14.1. The lowest BCUT2D eigenvalue weighted by molar-refractivity contribution is 0.277. The number of halogens is 2. The highest BCUT2D eigenvalue weighted by atomic mass is 35.5. The van der Waals surface area contributed by atoms with Gasteiger partial charge in [-0.1, -0.05) is 30.5 Å². The largest absolute Gasteiger partial charge is 0.309 e. The zero-order valence-electron chi connectivity index (χ0n) is 10.5. The van der Waals surface area contributed by atoms with E-state index in [1.807, 2.05) is 14.1 Å². The molecule has 1 saturated carbocycles. The van der Waals surface area contributed by atoms with Gasteiger partial charge in [0.05, 0.1) is 0 Å². The Hall–Kier alpha value is -0.600. The summed E-state index contributed by atoms with van der Waals surface area (Å²) in [7, 11) is 4.07. The maximum atomic E-state index is 14.1. The molecule has 0 aromatic heterocycles. The number of hydrogen-bond donors (Lipinski definition) is 0. The first-order valence-electron chi connectivity index (χ1n) is 6.14. The van der Waals surface area contributed by atoms with Gasteiger partial charge in [0.25, 0.3) is 0 Å². The smallest absolute Gasteiger partial charge is 0.128 e. The van der Waals surface area contributed by atoms with Crippen LogP contribution in [0, 0.1) is 5.82 Å². The van der Waals surface area contributed by atoms with Crippen LogP contribution in [0.4, 0.5) is 4.39 Å². The van der Waals surface area contributed by atoms with Crippen molar-refractivity contribution >= 4 is 11.6 Å². The van der Waals surface area contributed by atoms with Crippen molar-refractivity contribution in [3.63, 3.8) is 0 Å². The fourth-order valence-electron chi connectivity index (χ4n) is 3.15. The van der Waals surface area contributed by atoms with Crippen LogP contribution in [0.15, 0.2) is 18.2 Å². The number of rotatable bonds is 3. The minimum atomic E-state index is -0.152. The van der Waals surface area contributed by atoms with E-state index < -0.39 is 0 Å². The lowest BCUT2D eigenvalue weighted by Gasteiger charge is -2.33. The molecule has 0 bridgehead atoms. The summed E-state index contributed by atoms with van der Waals surface area (Å²) >= 11 is 6.22. The SMILES string of the molecule is CN(C)CC1(c2c(F)cccc2Cl)CCCC1. The Morgan fingerprint density at radius 3 is 2.47 bits per heavy atom. The molecule has 0 saturated heterocycles. The highest BCUT2D eigenvalue weighted by molar-refractivity contribution is 6.31. The molecule has 0 spiro atoms. The van der Waals surface area contributed by atoms with Crippen molar-refractivity contribution in [2.24, 2.45) is 0 Å². The van der Waals surface area contributed by atoms with E-state index in [1.54, 1.807) is 12.1 Å². The van der Waals surface area contributed by atoms with E-state index in [-0.39, 0.29) is 11.2 Å². The van der Waals surface area contributed by atoms with Gasteiger partial charge in [0.2, 0.25) is 0 Å². The molecular weight excluding hydrogens is 237 g/mol. The van der Waals surface area contributed by atoms with Crippen LogP contribution >= 0.6 is 11.6 Å². The molecular formula is C14H19ClFN. The van der Waals surface area contributed by atoms with Crippen LogP contribution in [0.1, 0.15) is 31.2 Å². The third-order valence-electron chi connectivity index (χ3n) is 3.67. The van der Waals surface area contributed by atoms with Crippen LogP contribution in [0.25, 0.3) is 0 Å². The predicted molar refractivity (Wildman–Crippen MR) is 70.1 cm³/mol. The van der Waals surface area contributed by atoms with Crippen molar-refractivity contribution in [2.45, 2.75) is 31.1 Å². The summed E-state index contributed by atoms with van der Waals surface area (Å²) in [6.07, 6.45) is 4.40. The second kappa shape index (κ2) is 4.95. The van der Waals surface area contributed by atoms with E-state index in [4.69, 9.17) is 11.6 Å². The number of hydrogen-bond acceptors (Lipinski definition) is 1. The summed E-state index contributed by atoms with van der Waals surface area (Å²) in [6.45, 7) is 0.869. The molecule has 17 heavy (non-hydrogen) atoms. The Labute approximate surface area is 108 Å². The third-order valence-corrected chi connectivity index (χ3v) is 3.99. The van der Waals surface area contributed by atoms with Gasteiger partial charge < -0.3 is 4.90 Å². The molecule has 0 aliphatic heterocycles. The summed E-state index contributed by atoms with van der Waals surface area (Å²) in [4.78, 5) is 2.13. The Kier molecular flexibility index (Phi) is 3.74. The molecule has 0 amide bonds. The highest BCUT2D eigenvalue weighted by Crippen LogP contribution is 2.45. The highest BCUT2D eigenvalue weighted by Gasteiger charge is 2.39. The fourth-order valence-corrected chi connectivity index (χ4v) is 3.51. The van der Waals surface area contributed by atoms with Gasteiger partial charge in [-0.05, 0) is 39.1 Å². The van der Waals surface area contributed by atoms with E-state index in [9.17, 15) is 4.39 Å². The first-order chi connectivity index (χ1) is 8.05. The van der Waals surface area contributed by atoms with Crippen molar-refractivity contribution in [1.82, 2.24) is 4.90 Å². The maximum absolute atomic E-state index is 14.1. The quantitative estimate of drug-likeness (QED) is 0.793. The van der Waals surface area contributed by atoms with Gasteiger partial charge in [0, 0.05) is 22.5 Å². The minimum absolute atomic E-state index is 0.0913. The van der Waals surface area contributed by atoms with Crippen LogP contribution in [-0.4, -0.2) is 25.5 Å². The molecule has 0 unspecified atom stereocenters. The van der Waals surface area contributed by atoms with Crippen LogP contribution in [-0.2, 0) is 5.41 Å². The average Bonchev–Trinajstić information content (AvgIpc) is 2.65. The fraction of sp³-hybridized carbons (Fsp3) is 0.571. The molecule has 1 aliphatic rings. The predicted octanol–water partition coefficient (Wildman–Crippen LogP) is 3.85. The molecule has 3 heteroatoms. The summed E-state index contributed by atoms with van der Waals surface area (Å²) in [6, 6.07) is 5.01. The Bertz CT molecular complexity index is 377. The third kappa shape index (κ3) is 2.48. The minimum Gasteiger partial charge on any atom is -0.309 e. The van der Waals surface area contributed by atoms with E-state index in [0.29, 0.717) is 5.02 Å². The lowest BCUT2D eigenvalue weighted by atomic mass is 9.78. The van der Waals surface area contributed by atoms with Crippen LogP contribution in [0.2, 0.25) is 5.02 Å². The molecule has 0 heterocycles. The molecule has 0 atom stereocenters. The first kappa shape index (κ1) is 12.8. The van der Waals surface area contributed by atoms with E-state index in [0.717, 1.165) is 24.9 Å². The number of nitrogens with zero attached hydrogens (tertiary/aromatic N) is 1. The molecule has 1 aromatic rings. The topological polar surface area (TPSA) is 3.24 Å². The Morgan fingerprint density at radius 1 is 1.29 bits per heavy atom. The van der Waals surface area contributed by atoms with Crippen LogP contribution in [0.5, 0.6) is 0 Å². The molecule has 1 aliphatic carbocycles. The van der Waals surface area contributed by atoms with Crippen molar-refractivity contribution < 1.29 is 4.39 Å². The zero-order valence-corrected chi connectivity index (χ0v) is 11.2. The van der Waals surface area contributed by atoms with Gasteiger partial charge in [0.1, 0.15) is 5.82 Å². The lowest BCUT2D eigenvalue weighted by Crippen LogP contribution is -2.36. The van der Waals surface area contributed by atoms with Gasteiger partial charge in [0.15, 0.2) is 0 Å². The second-order valence-corrected chi connectivity index (χ2v) is 5.73. The number of benzene rings is 1. The van der Waals surface area contributed by atoms with E-state index in [1.165, 1.54) is 18.9 Å². The summed E-state index contributed by atoms with van der Waals surface area (Å²) in [5, 5.41) is 0.578. The monoisotopic (exact) mass is 255 g/mol. The molecule has 0 N–H and O–H groups in total. The molecule has 94 valence electrons. The molecule has 0 radical (unpaired) electrons. The Balaban J connectivity index is 2.45. The molecule has 1 nitrogen and oxygen atoms in total. The Morgan fingerprint density at radius 2 is 1.94 bits per heavy atom. The van der Waals surface area contributed by atoms with Crippen molar-refractivity contribution in [3.05, 3.63) is 34.6 Å².